The Balaban J connectivity index is 2.01. The van der Waals surface area contributed by atoms with Crippen LogP contribution in [0.5, 0.6) is 0 Å². The molecule has 1 aliphatic rings. The fourth-order valence-electron chi connectivity index (χ4n) is 2.26. The molecule has 0 N–H and O–H groups in total. The van der Waals surface area contributed by atoms with Crippen LogP contribution in [0.2, 0.25) is 0 Å². The van der Waals surface area contributed by atoms with Gasteiger partial charge in [-0.05, 0) is 19.1 Å². The van der Waals surface area contributed by atoms with Gasteiger partial charge in [-0.2, -0.15) is 5.26 Å². The van der Waals surface area contributed by atoms with E-state index in [1.165, 1.54) is 6.92 Å². The number of rotatable bonds is 3. The van der Waals surface area contributed by atoms with E-state index >= 15 is 0 Å². The second kappa shape index (κ2) is 6.32. The summed E-state index contributed by atoms with van der Waals surface area (Å²) in [7, 11) is -3.38. The Bertz CT molecular complexity index is 703. The fraction of sp³-hybridized carbons (Fsp3) is 0.500. The van der Waals surface area contributed by atoms with Crippen molar-refractivity contribution in [2.24, 2.45) is 0 Å². The third-order valence-electron chi connectivity index (χ3n) is 3.78. The lowest BCUT2D eigenvalue weighted by Gasteiger charge is -2.36. The highest BCUT2D eigenvalue weighted by atomic mass is 32.2. The molecule has 22 heavy (non-hydrogen) atoms. The van der Waals surface area contributed by atoms with Crippen LogP contribution in [0.15, 0.2) is 18.3 Å². The van der Waals surface area contributed by atoms with Crippen molar-refractivity contribution < 1.29 is 13.2 Å². The van der Waals surface area contributed by atoms with Crippen molar-refractivity contribution in [3.8, 4) is 6.07 Å². The van der Waals surface area contributed by atoms with Crippen LogP contribution in [0.3, 0.4) is 0 Å². The minimum Gasteiger partial charge on any atom is -0.353 e. The highest BCUT2D eigenvalue weighted by Gasteiger charge is 2.30. The first kappa shape index (κ1) is 16.2. The summed E-state index contributed by atoms with van der Waals surface area (Å²) in [5.74, 6) is 0.336. The number of hydrogen-bond acceptors (Lipinski definition) is 6. The number of nitrogens with zero attached hydrogens (tertiary/aromatic N) is 4. The first-order valence-corrected chi connectivity index (χ1v) is 8.87. The molecule has 0 unspecified atom stereocenters. The summed E-state index contributed by atoms with van der Waals surface area (Å²) in [5.41, 5.74) is 0.536. The summed E-state index contributed by atoms with van der Waals surface area (Å²) < 4.78 is 22.9. The summed E-state index contributed by atoms with van der Waals surface area (Å²) in [5, 5.41) is 7.89. The maximum Gasteiger partial charge on any atom is 0.240 e. The van der Waals surface area contributed by atoms with Crippen LogP contribution >= 0.6 is 0 Å². The van der Waals surface area contributed by atoms with Gasteiger partial charge in [0.1, 0.15) is 11.1 Å². The molecule has 2 rings (SSSR count). The van der Waals surface area contributed by atoms with Gasteiger partial charge in [-0.15, -0.1) is 0 Å². The van der Waals surface area contributed by atoms with Crippen molar-refractivity contribution in [3.63, 3.8) is 0 Å². The molecule has 1 fully saturated rings. The van der Waals surface area contributed by atoms with Gasteiger partial charge in [0.2, 0.25) is 5.91 Å². The highest BCUT2D eigenvalue weighted by molar-refractivity contribution is 7.92. The lowest BCUT2D eigenvalue weighted by Crippen LogP contribution is -2.52. The van der Waals surface area contributed by atoms with E-state index in [9.17, 15) is 13.2 Å². The molecule has 7 nitrogen and oxygen atoms in total. The Labute approximate surface area is 130 Å². The van der Waals surface area contributed by atoms with Gasteiger partial charge < -0.3 is 9.80 Å². The number of anilines is 1. The van der Waals surface area contributed by atoms with Crippen molar-refractivity contribution in [2.75, 3.05) is 37.3 Å². The molecule has 1 amide bonds. The number of carbonyl (C=O) groups is 1. The topological polar surface area (TPSA) is 94.4 Å². The Hall–Kier alpha value is -2.14. The SMILES string of the molecule is C[C@H](C(=O)N1CCN(c2cc(C#N)ccn2)CC1)S(C)(=O)=O. The lowest BCUT2D eigenvalue weighted by atomic mass is 10.2. The molecule has 0 radical (unpaired) electrons. The van der Waals surface area contributed by atoms with Gasteiger partial charge in [-0.1, -0.05) is 0 Å². The van der Waals surface area contributed by atoms with Gasteiger partial charge in [0.25, 0.3) is 0 Å². The third kappa shape index (κ3) is 3.54. The molecule has 0 aromatic carbocycles. The fourth-order valence-corrected chi connectivity index (χ4v) is 2.77. The van der Waals surface area contributed by atoms with E-state index < -0.39 is 15.1 Å². The summed E-state index contributed by atoms with van der Waals surface area (Å²) in [6.07, 6.45) is 2.65. The summed E-state index contributed by atoms with van der Waals surface area (Å²) in [6, 6.07) is 5.41. The zero-order valence-corrected chi connectivity index (χ0v) is 13.4. The second-order valence-corrected chi connectivity index (χ2v) is 7.66. The quantitative estimate of drug-likeness (QED) is 0.779. The average Bonchev–Trinajstić information content (AvgIpc) is 2.53. The molecule has 2 heterocycles. The predicted molar refractivity (Wildman–Crippen MR) is 82.1 cm³/mol. The second-order valence-electron chi connectivity index (χ2n) is 5.30. The molecule has 1 atom stereocenters. The Morgan fingerprint density at radius 1 is 1.36 bits per heavy atom. The average molecular weight is 322 g/mol. The maximum atomic E-state index is 12.2. The number of pyridine rings is 1. The molecule has 0 bridgehead atoms. The van der Waals surface area contributed by atoms with E-state index in [0.29, 0.717) is 37.6 Å². The Kier molecular flexibility index (Phi) is 4.66. The maximum absolute atomic E-state index is 12.2. The number of piperazine rings is 1. The van der Waals surface area contributed by atoms with Gasteiger partial charge in [0.05, 0.1) is 11.6 Å². The minimum absolute atomic E-state index is 0.360. The third-order valence-corrected chi connectivity index (χ3v) is 5.27. The van der Waals surface area contributed by atoms with Crippen LogP contribution < -0.4 is 4.90 Å². The van der Waals surface area contributed by atoms with Crippen molar-refractivity contribution in [1.29, 1.82) is 5.26 Å². The van der Waals surface area contributed by atoms with Crippen molar-refractivity contribution >= 4 is 21.6 Å². The van der Waals surface area contributed by atoms with E-state index in [-0.39, 0.29) is 5.91 Å². The first-order chi connectivity index (χ1) is 10.3. The van der Waals surface area contributed by atoms with Crippen LogP contribution in [0, 0.1) is 11.3 Å². The number of amides is 1. The van der Waals surface area contributed by atoms with Crippen molar-refractivity contribution in [2.45, 2.75) is 12.2 Å². The Morgan fingerprint density at radius 3 is 2.55 bits per heavy atom. The van der Waals surface area contributed by atoms with Gasteiger partial charge in [0.15, 0.2) is 9.84 Å². The van der Waals surface area contributed by atoms with Crippen LogP contribution in [0.25, 0.3) is 0 Å². The standard InChI is InChI=1S/C14H18N4O3S/c1-11(22(2,20)21)14(19)18-7-5-17(6-8-18)13-9-12(10-15)3-4-16-13/h3-4,9,11H,5-8H2,1-2H3/t11-/m1/s1. The predicted octanol–water partition coefficient (Wildman–Crippen LogP) is 0.0350. The highest BCUT2D eigenvalue weighted by Crippen LogP contribution is 2.16. The molecule has 1 aromatic rings. The number of hydrogen-bond donors (Lipinski definition) is 0. The van der Waals surface area contributed by atoms with Gasteiger partial charge in [-0.3, -0.25) is 4.79 Å². The molecule has 1 aliphatic heterocycles. The molecule has 118 valence electrons. The summed E-state index contributed by atoms with van der Waals surface area (Å²) in [6.45, 7) is 3.42. The monoisotopic (exact) mass is 322 g/mol. The smallest absolute Gasteiger partial charge is 0.240 e. The largest absolute Gasteiger partial charge is 0.353 e. The van der Waals surface area contributed by atoms with E-state index in [4.69, 9.17) is 5.26 Å². The zero-order valence-electron chi connectivity index (χ0n) is 12.6. The van der Waals surface area contributed by atoms with Crippen molar-refractivity contribution in [3.05, 3.63) is 23.9 Å². The number of nitriles is 1. The Morgan fingerprint density at radius 2 is 2.00 bits per heavy atom. The van der Waals surface area contributed by atoms with Crippen LogP contribution in [0.4, 0.5) is 5.82 Å². The van der Waals surface area contributed by atoms with Crippen molar-refractivity contribution in [1.82, 2.24) is 9.88 Å². The lowest BCUT2D eigenvalue weighted by molar-refractivity contribution is -0.130. The minimum atomic E-state index is -3.38. The summed E-state index contributed by atoms with van der Waals surface area (Å²) in [4.78, 5) is 19.9. The normalized spacial score (nSPS) is 17.0. The first-order valence-electron chi connectivity index (χ1n) is 6.91. The van der Waals surface area contributed by atoms with E-state index in [1.54, 1.807) is 23.2 Å². The molecule has 0 spiro atoms. The molecule has 8 heteroatoms. The molecule has 1 saturated heterocycles. The van der Waals surface area contributed by atoms with Crippen LogP contribution in [-0.4, -0.2) is 61.9 Å². The molecule has 0 aliphatic carbocycles. The molecular weight excluding hydrogens is 304 g/mol. The van der Waals surface area contributed by atoms with Crippen LogP contribution in [0.1, 0.15) is 12.5 Å². The number of sulfone groups is 1. The number of aromatic nitrogens is 1. The number of carbonyl (C=O) groups excluding carboxylic acids is 1. The molecule has 0 saturated carbocycles. The van der Waals surface area contributed by atoms with Gasteiger partial charge in [-0.25, -0.2) is 13.4 Å². The molecular formula is C14H18N4O3S. The zero-order chi connectivity index (χ0) is 16.3. The molecule has 1 aromatic heterocycles. The van der Waals surface area contributed by atoms with E-state index in [2.05, 4.69) is 11.1 Å². The summed E-state index contributed by atoms with van der Waals surface area (Å²) >= 11 is 0. The van der Waals surface area contributed by atoms with Gasteiger partial charge >= 0.3 is 0 Å². The van der Waals surface area contributed by atoms with Gasteiger partial charge in [0, 0.05) is 38.6 Å². The van der Waals surface area contributed by atoms with E-state index in [1.807, 2.05) is 4.90 Å². The van der Waals surface area contributed by atoms with E-state index in [0.717, 1.165) is 6.26 Å². The van der Waals surface area contributed by atoms with Crippen LogP contribution in [-0.2, 0) is 14.6 Å².